The van der Waals surface area contributed by atoms with Crippen molar-refractivity contribution in [2.45, 2.75) is 57.4 Å². The molecule has 0 spiro atoms. The molecule has 220 valence electrons. The van der Waals surface area contributed by atoms with Crippen LogP contribution >= 0.6 is 0 Å². The van der Waals surface area contributed by atoms with Gasteiger partial charge in [0.25, 0.3) is 0 Å². The molecule has 2 aliphatic rings. The molecule has 2 aliphatic heterocycles. The van der Waals surface area contributed by atoms with Gasteiger partial charge in [0.05, 0.1) is 0 Å². The van der Waals surface area contributed by atoms with Gasteiger partial charge in [0.1, 0.15) is 0 Å². The lowest BCUT2D eigenvalue weighted by Crippen LogP contribution is -2.32. The summed E-state index contributed by atoms with van der Waals surface area (Å²) in [6.45, 7) is 11.9. The minimum absolute atomic E-state index is 0.690. The van der Waals surface area contributed by atoms with Crippen LogP contribution in [0.5, 0.6) is 0 Å². The van der Waals surface area contributed by atoms with Crippen LogP contribution in [-0.2, 0) is 13.0 Å². The molecule has 7 rings (SSSR count). The van der Waals surface area contributed by atoms with Crippen molar-refractivity contribution in [3.8, 4) is 0 Å². The van der Waals surface area contributed by atoms with E-state index in [2.05, 4.69) is 127 Å². The highest BCUT2D eigenvalue weighted by molar-refractivity contribution is 5.85. The van der Waals surface area contributed by atoms with Crippen LogP contribution in [0.15, 0.2) is 110 Å². The van der Waals surface area contributed by atoms with Crippen molar-refractivity contribution in [2.75, 3.05) is 26.2 Å². The van der Waals surface area contributed by atoms with Crippen LogP contribution in [0.25, 0.3) is 27.6 Å². The van der Waals surface area contributed by atoms with E-state index in [0.717, 1.165) is 32.0 Å². The molecule has 1 N–H and O–H groups in total. The van der Waals surface area contributed by atoms with Crippen molar-refractivity contribution in [1.29, 1.82) is 0 Å². The van der Waals surface area contributed by atoms with Crippen molar-refractivity contribution in [1.82, 2.24) is 10.2 Å². The van der Waals surface area contributed by atoms with Crippen molar-refractivity contribution >= 4 is 27.6 Å². The average Bonchev–Trinajstić information content (AvgIpc) is 3.09. The number of nitrogens with one attached hydrogen (secondary N) is 1. The van der Waals surface area contributed by atoms with E-state index < -0.39 is 0 Å². The molecule has 2 saturated heterocycles. The highest BCUT2D eigenvalue weighted by atomic mass is 15.1. The minimum atomic E-state index is 0.690. The maximum absolute atomic E-state index is 3.86. The summed E-state index contributed by atoms with van der Waals surface area (Å²) >= 11 is 0. The Bertz CT molecular complexity index is 1640. The number of hydrogen-bond donors (Lipinski definition) is 1. The first-order chi connectivity index (χ1) is 21.2. The van der Waals surface area contributed by atoms with Gasteiger partial charge in [0, 0.05) is 6.54 Å². The topological polar surface area (TPSA) is 15.3 Å². The van der Waals surface area contributed by atoms with Gasteiger partial charge in [0.15, 0.2) is 0 Å². The molecule has 0 aromatic heterocycles. The number of fused-ring (bicyclic) bond motifs is 2. The largest absolute Gasteiger partial charge is 0.317 e. The van der Waals surface area contributed by atoms with E-state index >= 15 is 0 Å². The van der Waals surface area contributed by atoms with Gasteiger partial charge in [-0.2, -0.15) is 0 Å². The fourth-order valence-electron chi connectivity index (χ4n) is 6.87. The monoisotopic (exact) mass is 566 g/mol. The summed E-state index contributed by atoms with van der Waals surface area (Å²) in [5.41, 5.74) is 7.06. The fraction of sp³-hybridized carbons (Fsp3) is 0.317. The van der Waals surface area contributed by atoms with Gasteiger partial charge in [-0.3, -0.25) is 4.90 Å². The van der Waals surface area contributed by atoms with Crippen molar-refractivity contribution in [3.05, 3.63) is 138 Å². The summed E-state index contributed by atoms with van der Waals surface area (Å²) in [5, 5.41) is 8.86. The predicted molar refractivity (Wildman–Crippen MR) is 186 cm³/mol. The zero-order valence-corrected chi connectivity index (χ0v) is 25.8. The summed E-state index contributed by atoms with van der Waals surface area (Å²) in [4.78, 5) is 2.59. The number of hydrogen-bond acceptors (Lipinski definition) is 2. The molecule has 0 unspecified atom stereocenters. The fourth-order valence-corrected chi connectivity index (χ4v) is 6.87. The van der Waals surface area contributed by atoms with Gasteiger partial charge in [-0.05, 0) is 126 Å². The first kappa shape index (κ1) is 29.4. The molecule has 0 saturated carbocycles. The molecule has 0 aliphatic carbocycles. The van der Waals surface area contributed by atoms with Gasteiger partial charge in [-0.1, -0.05) is 117 Å². The first-order valence-corrected chi connectivity index (χ1v) is 16.3. The normalized spacial score (nSPS) is 16.6. The molecule has 2 heterocycles. The maximum atomic E-state index is 3.86. The third-order valence-corrected chi connectivity index (χ3v) is 9.58. The number of rotatable bonds is 6. The molecular weight excluding hydrogens is 520 g/mol. The number of piperidine rings is 2. The Morgan fingerprint density at radius 1 is 0.651 bits per heavy atom. The van der Waals surface area contributed by atoms with Crippen LogP contribution in [0.2, 0.25) is 0 Å². The van der Waals surface area contributed by atoms with E-state index in [1.807, 2.05) is 6.08 Å². The quantitative estimate of drug-likeness (QED) is 0.220. The number of likely N-dealkylation sites (tertiary alicyclic amines) is 1. The van der Waals surface area contributed by atoms with E-state index in [1.165, 1.54) is 88.1 Å². The molecule has 2 fully saturated rings. The molecule has 5 aromatic rings. The van der Waals surface area contributed by atoms with E-state index in [9.17, 15) is 0 Å². The Kier molecular flexibility index (Phi) is 9.67. The zero-order valence-electron chi connectivity index (χ0n) is 25.8. The van der Waals surface area contributed by atoms with Gasteiger partial charge in [0.2, 0.25) is 0 Å². The van der Waals surface area contributed by atoms with Crippen molar-refractivity contribution in [2.24, 2.45) is 0 Å². The summed E-state index contributed by atoms with van der Waals surface area (Å²) in [7, 11) is 0. The summed E-state index contributed by atoms with van der Waals surface area (Å²) in [5.74, 6) is 1.44. The third-order valence-electron chi connectivity index (χ3n) is 9.58. The van der Waals surface area contributed by atoms with E-state index in [4.69, 9.17) is 0 Å². The molecule has 2 heteroatoms. The third kappa shape index (κ3) is 7.44. The molecule has 0 bridgehead atoms. The second-order valence-corrected chi connectivity index (χ2v) is 12.4. The Morgan fingerprint density at radius 3 is 1.88 bits per heavy atom. The Labute approximate surface area is 258 Å². The lowest BCUT2D eigenvalue weighted by atomic mass is 9.88. The Balaban J connectivity index is 0.000000162. The molecule has 0 atom stereocenters. The predicted octanol–water partition coefficient (Wildman–Crippen LogP) is 9.73. The van der Waals surface area contributed by atoms with E-state index in [1.54, 1.807) is 0 Å². The highest BCUT2D eigenvalue weighted by Crippen LogP contribution is 2.31. The molecule has 5 aromatic carbocycles. The van der Waals surface area contributed by atoms with Crippen LogP contribution in [0.3, 0.4) is 0 Å². The second kappa shape index (κ2) is 14.2. The van der Waals surface area contributed by atoms with Crippen LogP contribution in [0.1, 0.15) is 72.3 Å². The first-order valence-electron chi connectivity index (χ1n) is 16.3. The zero-order chi connectivity index (χ0) is 29.4. The molecule has 0 amide bonds. The van der Waals surface area contributed by atoms with Crippen molar-refractivity contribution in [3.63, 3.8) is 0 Å². The van der Waals surface area contributed by atoms with Crippen LogP contribution in [0, 0.1) is 0 Å². The van der Waals surface area contributed by atoms with E-state index in [-0.39, 0.29) is 0 Å². The van der Waals surface area contributed by atoms with Crippen LogP contribution in [0.4, 0.5) is 0 Å². The summed E-state index contributed by atoms with van der Waals surface area (Å²) < 4.78 is 0. The minimum Gasteiger partial charge on any atom is -0.317 e. The average molecular weight is 567 g/mol. The Hall–Kier alpha value is -3.72. The summed E-state index contributed by atoms with van der Waals surface area (Å²) in [6.07, 6.45) is 8.09. The molecule has 43 heavy (non-hydrogen) atoms. The molecule has 0 radical (unpaired) electrons. The molecule has 2 nitrogen and oxygen atoms in total. The highest BCUT2D eigenvalue weighted by Gasteiger charge is 2.21. The number of nitrogens with zero attached hydrogens (tertiary/aromatic N) is 1. The second-order valence-electron chi connectivity index (χ2n) is 12.4. The van der Waals surface area contributed by atoms with Gasteiger partial charge >= 0.3 is 0 Å². The standard InChI is InChI=1S/C24H25N.C17H21N/c1-2-19-8-9-24-17-23(11-10-22(24)16-19)21-12-14-25(15-13-21)18-20-6-4-3-5-7-20;1-2-13-3-4-17-12-16(6-5-15(17)11-13)14-7-9-18-10-8-14/h2-11,16-17,21H,1,12-15,18H2;3-6,11-12,14,18H,2,7-10H2,1H3. The number of aryl methyl sites for hydroxylation is 1. The summed E-state index contributed by atoms with van der Waals surface area (Å²) in [6, 6.07) is 38.3. The lowest BCUT2D eigenvalue weighted by Gasteiger charge is -2.32. The van der Waals surface area contributed by atoms with Crippen molar-refractivity contribution < 1.29 is 0 Å². The van der Waals surface area contributed by atoms with Gasteiger partial charge in [-0.25, -0.2) is 0 Å². The Morgan fingerprint density at radius 2 is 1.23 bits per heavy atom. The van der Waals surface area contributed by atoms with E-state index in [0.29, 0.717) is 5.92 Å². The number of benzene rings is 5. The lowest BCUT2D eigenvalue weighted by molar-refractivity contribution is 0.204. The smallest absolute Gasteiger partial charge is 0.0233 e. The maximum Gasteiger partial charge on any atom is 0.0233 e. The molecular formula is C41H46N2. The van der Waals surface area contributed by atoms with Crippen LogP contribution < -0.4 is 5.32 Å². The van der Waals surface area contributed by atoms with Gasteiger partial charge in [-0.15, -0.1) is 0 Å². The van der Waals surface area contributed by atoms with Crippen LogP contribution in [-0.4, -0.2) is 31.1 Å². The van der Waals surface area contributed by atoms with Gasteiger partial charge < -0.3 is 5.32 Å². The SMILES string of the molecule is C=Cc1ccc2cc(C3CCN(Cc4ccccc4)CC3)ccc2c1.CCc1ccc2cc(C3CCNCC3)ccc2c1.